The topological polar surface area (TPSA) is 88.8 Å². The first-order valence-corrected chi connectivity index (χ1v) is 9.01. The first-order valence-electron chi connectivity index (χ1n) is 9.01. The van der Waals surface area contributed by atoms with Gasteiger partial charge in [-0.25, -0.2) is 15.0 Å². The molecule has 1 N–H and O–H groups in total. The first kappa shape index (κ1) is 17.1. The Morgan fingerprint density at radius 1 is 1.07 bits per heavy atom. The van der Waals surface area contributed by atoms with Gasteiger partial charge in [0.25, 0.3) is 0 Å². The number of nitrogens with one attached hydrogen (secondary N) is 1. The minimum Gasteiger partial charge on any atom is -0.356 e. The fourth-order valence-corrected chi connectivity index (χ4v) is 3.25. The van der Waals surface area contributed by atoms with E-state index in [2.05, 4.69) is 30.2 Å². The molecule has 27 heavy (non-hydrogen) atoms. The van der Waals surface area contributed by atoms with E-state index in [1.165, 1.54) is 0 Å². The number of anilines is 1. The lowest BCUT2D eigenvalue weighted by Crippen LogP contribution is -2.40. The maximum absolute atomic E-state index is 12.4. The largest absolute Gasteiger partial charge is 0.356 e. The van der Waals surface area contributed by atoms with Crippen LogP contribution in [0.3, 0.4) is 0 Å². The maximum atomic E-state index is 12.4. The van der Waals surface area contributed by atoms with E-state index in [0.29, 0.717) is 6.54 Å². The molecular weight excluding hydrogens is 342 g/mol. The van der Waals surface area contributed by atoms with Gasteiger partial charge < -0.3 is 10.2 Å². The van der Waals surface area contributed by atoms with Crippen molar-refractivity contribution in [2.45, 2.75) is 19.4 Å². The predicted octanol–water partition coefficient (Wildman–Crippen LogP) is 1.59. The third-order valence-electron chi connectivity index (χ3n) is 4.81. The minimum absolute atomic E-state index is 0.0399. The molecule has 1 aliphatic rings. The molecule has 0 radical (unpaired) electrons. The smallest absolute Gasteiger partial charge is 0.223 e. The number of carbonyl (C=O) groups excluding carboxylic acids is 1. The Bertz CT molecular complexity index is 874. The van der Waals surface area contributed by atoms with Crippen LogP contribution in [0.4, 0.5) is 5.82 Å². The molecule has 4 rings (SSSR count). The van der Waals surface area contributed by atoms with Crippen LogP contribution in [0.5, 0.6) is 0 Å². The quantitative estimate of drug-likeness (QED) is 0.741. The van der Waals surface area contributed by atoms with Crippen LogP contribution < -0.4 is 10.2 Å². The highest BCUT2D eigenvalue weighted by Crippen LogP contribution is 2.23. The van der Waals surface area contributed by atoms with E-state index in [0.717, 1.165) is 43.1 Å². The van der Waals surface area contributed by atoms with E-state index in [4.69, 9.17) is 0 Å². The Kier molecular flexibility index (Phi) is 5.04. The van der Waals surface area contributed by atoms with Crippen molar-refractivity contribution in [1.82, 2.24) is 29.8 Å². The Balaban J connectivity index is 1.32. The van der Waals surface area contributed by atoms with Gasteiger partial charge in [0.2, 0.25) is 5.91 Å². The van der Waals surface area contributed by atoms with Gasteiger partial charge >= 0.3 is 0 Å². The minimum atomic E-state index is 0.0399. The number of hydrogen-bond acceptors (Lipinski definition) is 6. The lowest BCUT2D eigenvalue weighted by Gasteiger charge is -2.32. The molecule has 0 aromatic carbocycles. The first-order chi connectivity index (χ1) is 13.3. The lowest BCUT2D eigenvalue weighted by atomic mass is 9.96. The summed E-state index contributed by atoms with van der Waals surface area (Å²) < 4.78 is 1.85. The standard InChI is InChI=1S/C19H21N7O/c27-19(22-12-15-1-5-20-6-2-15)16-3-8-25(9-4-16)17-11-18(24-13-23-17)26-10-7-21-14-26/h1-2,5-7,10-11,13-14,16H,3-4,8-9,12H2,(H,22,27). The van der Waals surface area contributed by atoms with Gasteiger partial charge in [-0.05, 0) is 30.5 Å². The molecule has 3 aromatic rings. The van der Waals surface area contributed by atoms with Crippen molar-refractivity contribution in [2.24, 2.45) is 5.92 Å². The van der Waals surface area contributed by atoms with Gasteiger partial charge in [0, 0.05) is 56.4 Å². The van der Waals surface area contributed by atoms with Crippen molar-refractivity contribution >= 4 is 11.7 Å². The Hall–Kier alpha value is -3.29. The van der Waals surface area contributed by atoms with Gasteiger partial charge in [0.1, 0.15) is 24.3 Å². The zero-order valence-electron chi connectivity index (χ0n) is 14.9. The summed E-state index contributed by atoms with van der Waals surface area (Å²) in [4.78, 5) is 31.4. The molecule has 1 fully saturated rings. The molecule has 4 heterocycles. The van der Waals surface area contributed by atoms with E-state index < -0.39 is 0 Å². The van der Waals surface area contributed by atoms with E-state index in [-0.39, 0.29) is 11.8 Å². The number of aromatic nitrogens is 5. The Morgan fingerprint density at radius 2 is 1.85 bits per heavy atom. The van der Waals surface area contributed by atoms with Crippen molar-refractivity contribution < 1.29 is 4.79 Å². The zero-order chi connectivity index (χ0) is 18.5. The van der Waals surface area contributed by atoms with Crippen LogP contribution in [0.2, 0.25) is 0 Å². The highest BCUT2D eigenvalue weighted by Gasteiger charge is 2.25. The molecule has 0 unspecified atom stereocenters. The Morgan fingerprint density at radius 3 is 2.59 bits per heavy atom. The second kappa shape index (κ2) is 7.94. The third-order valence-corrected chi connectivity index (χ3v) is 4.81. The molecule has 8 heteroatoms. The number of nitrogens with zero attached hydrogens (tertiary/aromatic N) is 6. The van der Waals surface area contributed by atoms with Gasteiger partial charge in [-0.2, -0.15) is 0 Å². The summed E-state index contributed by atoms with van der Waals surface area (Å²) in [5.74, 6) is 1.82. The molecule has 1 amide bonds. The number of amides is 1. The van der Waals surface area contributed by atoms with Gasteiger partial charge in [0.15, 0.2) is 0 Å². The van der Waals surface area contributed by atoms with E-state index in [1.807, 2.05) is 29.0 Å². The fraction of sp³-hybridized carbons (Fsp3) is 0.316. The molecule has 0 aliphatic carbocycles. The molecule has 0 spiro atoms. The molecular formula is C19H21N7O. The zero-order valence-corrected chi connectivity index (χ0v) is 14.9. The molecule has 138 valence electrons. The molecule has 1 aliphatic heterocycles. The summed E-state index contributed by atoms with van der Waals surface area (Å²) in [7, 11) is 0. The van der Waals surface area contributed by atoms with Crippen LogP contribution in [0.1, 0.15) is 18.4 Å². The second-order valence-electron chi connectivity index (χ2n) is 6.54. The van der Waals surface area contributed by atoms with Gasteiger partial charge in [0.05, 0.1) is 0 Å². The van der Waals surface area contributed by atoms with Crippen LogP contribution in [0.15, 0.2) is 55.6 Å². The normalized spacial score (nSPS) is 14.9. The highest BCUT2D eigenvalue weighted by molar-refractivity contribution is 5.79. The SMILES string of the molecule is O=C(NCc1ccncc1)C1CCN(c2cc(-n3ccnc3)ncn2)CC1. The summed E-state index contributed by atoms with van der Waals surface area (Å²) in [5, 5.41) is 3.03. The lowest BCUT2D eigenvalue weighted by molar-refractivity contribution is -0.125. The predicted molar refractivity (Wildman–Crippen MR) is 100 cm³/mol. The van der Waals surface area contributed by atoms with E-state index in [1.54, 1.807) is 31.2 Å². The second-order valence-corrected chi connectivity index (χ2v) is 6.54. The van der Waals surface area contributed by atoms with Gasteiger partial charge in [-0.15, -0.1) is 0 Å². The van der Waals surface area contributed by atoms with Crippen LogP contribution in [0, 0.1) is 5.92 Å². The number of rotatable bonds is 5. The average molecular weight is 363 g/mol. The highest BCUT2D eigenvalue weighted by atomic mass is 16.1. The van der Waals surface area contributed by atoms with Crippen molar-refractivity contribution in [3.8, 4) is 5.82 Å². The Labute approximate surface area is 157 Å². The monoisotopic (exact) mass is 363 g/mol. The number of imidazole rings is 1. The maximum Gasteiger partial charge on any atom is 0.223 e. The molecule has 0 atom stereocenters. The van der Waals surface area contributed by atoms with Crippen molar-refractivity contribution in [1.29, 1.82) is 0 Å². The van der Waals surface area contributed by atoms with Crippen LogP contribution >= 0.6 is 0 Å². The van der Waals surface area contributed by atoms with Crippen LogP contribution in [-0.4, -0.2) is 43.5 Å². The number of carbonyl (C=O) groups is 1. The summed E-state index contributed by atoms with van der Waals surface area (Å²) >= 11 is 0. The van der Waals surface area contributed by atoms with Crippen LogP contribution in [-0.2, 0) is 11.3 Å². The van der Waals surface area contributed by atoms with Crippen molar-refractivity contribution in [3.05, 3.63) is 61.2 Å². The summed E-state index contributed by atoms with van der Waals surface area (Å²) in [6.07, 6.45) is 12.0. The molecule has 3 aromatic heterocycles. The summed E-state index contributed by atoms with van der Waals surface area (Å²) in [5.41, 5.74) is 1.06. The third kappa shape index (κ3) is 4.11. The van der Waals surface area contributed by atoms with E-state index >= 15 is 0 Å². The molecule has 0 bridgehead atoms. The van der Waals surface area contributed by atoms with E-state index in [9.17, 15) is 4.79 Å². The number of pyridine rings is 1. The molecule has 8 nitrogen and oxygen atoms in total. The average Bonchev–Trinajstić information content (AvgIpc) is 3.28. The molecule has 0 saturated carbocycles. The van der Waals surface area contributed by atoms with Gasteiger partial charge in [-0.3, -0.25) is 14.3 Å². The summed E-state index contributed by atoms with van der Waals surface area (Å²) in [6.45, 7) is 2.14. The number of piperidine rings is 1. The fourth-order valence-electron chi connectivity index (χ4n) is 3.25. The van der Waals surface area contributed by atoms with Gasteiger partial charge in [-0.1, -0.05) is 0 Å². The molecule has 1 saturated heterocycles. The summed E-state index contributed by atoms with van der Waals surface area (Å²) in [6, 6.07) is 5.78. The van der Waals surface area contributed by atoms with Crippen molar-refractivity contribution in [3.63, 3.8) is 0 Å². The van der Waals surface area contributed by atoms with Crippen molar-refractivity contribution in [2.75, 3.05) is 18.0 Å². The number of hydrogen-bond donors (Lipinski definition) is 1. The van der Waals surface area contributed by atoms with Crippen LogP contribution in [0.25, 0.3) is 5.82 Å².